The fraction of sp³-hybridized carbons (Fsp3) is 0.538. The van der Waals surface area contributed by atoms with Crippen molar-refractivity contribution >= 4 is 22.6 Å². The summed E-state index contributed by atoms with van der Waals surface area (Å²) >= 11 is 2.35. The molecule has 0 N–H and O–H groups in total. The number of hydrogen-bond donors (Lipinski definition) is 0. The lowest BCUT2D eigenvalue weighted by atomic mass is 10.1. The first-order valence-electron chi connectivity index (χ1n) is 5.89. The van der Waals surface area contributed by atoms with Gasteiger partial charge in [-0.1, -0.05) is 12.1 Å². The lowest BCUT2D eigenvalue weighted by molar-refractivity contribution is 0.155. The first-order valence-corrected chi connectivity index (χ1v) is 6.97. The van der Waals surface area contributed by atoms with Crippen molar-refractivity contribution in [3.63, 3.8) is 0 Å². The molecule has 0 atom stereocenters. The van der Waals surface area contributed by atoms with Gasteiger partial charge in [0.05, 0.1) is 0 Å². The Hall–Kier alpha value is -0.130. The maximum Gasteiger partial charge on any atom is 0.0130 e. The van der Waals surface area contributed by atoms with Gasteiger partial charge < -0.3 is 9.80 Å². The summed E-state index contributed by atoms with van der Waals surface area (Å²) in [6, 6.07) is 8.88. The summed E-state index contributed by atoms with van der Waals surface area (Å²) in [4.78, 5) is 4.97. The highest BCUT2D eigenvalue weighted by Crippen LogP contribution is 2.08. The van der Waals surface area contributed by atoms with Crippen LogP contribution in [0.1, 0.15) is 5.56 Å². The highest BCUT2D eigenvalue weighted by molar-refractivity contribution is 14.1. The third-order valence-corrected chi connectivity index (χ3v) is 3.95. The van der Waals surface area contributed by atoms with Crippen molar-refractivity contribution in [3.05, 3.63) is 33.4 Å². The molecule has 1 aliphatic rings. The van der Waals surface area contributed by atoms with Crippen molar-refractivity contribution in [3.8, 4) is 0 Å². The van der Waals surface area contributed by atoms with Gasteiger partial charge in [0.25, 0.3) is 0 Å². The Kier molecular flexibility index (Phi) is 4.61. The topological polar surface area (TPSA) is 6.48 Å². The second-order valence-electron chi connectivity index (χ2n) is 4.52. The van der Waals surface area contributed by atoms with Gasteiger partial charge in [-0.3, -0.25) is 0 Å². The number of rotatable bonds is 3. The van der Waals surface area contributed by atoms with E-state index >= 15 is 0 Å². The van der Waals surface area contributed by atoms with Gasteiger partial charge >= 0.3 is 0 Å². The van der Waals surface area contributed by atoms with Crippen molar-refractivity contribution in [1.82, 2.24) is 9.80 Å². The molecule has 0 saturated carbocycles. The molecule has 0 unspecified atom stereocenters. The molecule has 88 valence electrons. The minimum atomic E-state index is 1.18. The van der Waals surface area contributed by atoms with Crippen LogP contribution in [0.2, 0.25) is 0 Å². The Morgan fingerprint density at radius 2 is 1.69 bits per heavy atom. The Morgan fingerprint density at radius 3 is 2.31 bits per heavy atom. The highest BCUT2D eigenvalue weighted by Gasteiger charge is 2.12. The number of hydrogen-bond acceptors (Lipinski definition) is 2. The first kappa shape index (κ1) is 12.3. The summed E-state index contributed by atoms with van der Waals surface area (Å²) in [5, 5.41) is 0. The Morgan fingerprint density at radius 1 is 1.06 bits per heavy atom. The van der Waals surface area contributed by atoms with Crippen LogP contribution in [0.5, 0.6) is 0 Å². The van der Waals surface area contributed by atoms with E-state index in [0.717, 1.165) is 0 Å². The third kappa shape index (κ3) is 3.71. The van der Waals surface area contributed by atoms with E-state index in [1.165, 1.54) is 48.3 Å². The van der Waals surface area contributed by atoms with Gasteiger partial charge in [-0.2, -0.15) is 0 Å². The fourth-order valence-electron chi connectivity index (χ4n) is 2.01. The van der Waals surface area contributed by atoms with Crippen LogP contribution < -0.4 is 0 Å². The minimum Gasteiger partial charge on any atom is -0.304 e. The molecule has 1 heterocycles. The molecule has 1 saturated heterocycles. The normalized spacial score (nSPS) is 18.9. The van der Waals surface area contributed by atoms with E-state index in [0.29, 0.717) is 0 Å². The number of halogens is 1. The standard InChI is InChI=1S/C13H19IN2/c1-15-8-10-16(11-9-15)7-6-12-2-4-13(14)5-3-12/h2-5H,6-11H2,1H3. The highest BCUT2D eigenvalue weighted by atomic mass is 127. The predicted octanol–water partition coefficient (Wildman–Crippen LogP) is 2.08. The van der Waals surface area contributed by atoms with Crippen molar-refractivity contribution < 1.29 is 0 Å². The molecule has 1 aliphatic heterocycles. The van der Waals surface area contributed by atoms with Crippen LogP contribution in [0.25, 0.3) is 0 Å². The van der Waals surface area contributed by atoms with Crippen LogP contribution >= 0.6 is 22.6 Å². The molecule has 3 heteroatoms. The van der Waals surface area contributed by atoms with E-state index in [9.17, 15) is 0 Å². The fourth-order valence-corrected chi connectivity index (χ4v) is 2.37. The average molecular weight is 330 g/mol. The summed E-state index contributed by atoms with van der Waals surface area (Å²) in [5.41, 5.74) is 1.46. The number of piperazine rings is 1. The second kappa shape index (κ2) is 5.98. The number of likely N-dealkylation sites (N-methyl/N-ethyl adjacent to an activating group) is 1. The number of nitrogens with zero attached hydrogens (tertiary/aromatic N) is 2. The predicted molar refractivity (Wildman–Crippen MR) is 76.8 cm³/mol. The Balaban J connectivity index is 1.77. The molecule has 0 aromatic heterocycles. The average Bonchev–Trinajstić information content (AvgIpc) is 2.30. The van der Waals surface area contributed by atoms with Crippen molar-refractivity contribution in [1.29, 1.82) is 0 Å². The Bertz CT molecular complexity index is 315. The summed E-state index contributed by atoms with van der Waals surface area (Å²) < 4.78 is 1.32. The summed E-state index contributed by atoms with van der Waals surface area (Å²) in [6.07, 6.45) is 1.18. The zero-order valence-electron chi connectivity index (χ0n) is 9.82. The van der Waals surface area contributed by atoms with Crippen LogP contribution in [0.3, 0.4) is 0 Å². The van der Waals surface area contributed by atoms with Gasteiger partial charge in [0, 0.05) is 36.3 Å². The molecule has 0 radical (unpaired) electrons. The van der Waals surface area contributed by atoms with Gasteiger partial charge in [-0.05, 0) is 53.8 Å². The maximum atomic E-state index is 2.57. The van der Waals surface area contributed by atoms with E-state index in [4.69, 9.17) is 0 Å². The largest absolute Gasteiger partial charge is 0.304 e. The summed E-state index contributed by atoms with van der Waals surface area (Å²) in [7, 11) is 2.20. The Labute approximate surface area is 112 Å². The molecular formula is C13H19IN2. The quantitative estimate of drug-likeness (QED) is 0.783. The molecule has 1 fully saturated rings. The smallest absolute Gasteiger partial charge is 0.0130 e. The first-order chi connectivity index (χ1) is 7.74. The van der Waals surface area contributed by atoms with Crippen molar-refractivity contribution in [2.24, 2.45) is 0 Å². The van der Waals surface area contributed by atoms with E-state index in [1.54, 1.807) is 0 Å². The molecule has 0 spiro atoms. The minimum absolute atomic E-state index is 1.18. The van der Waals surface area contributed by atoms with E-state index in [1.807, 2.05) is 0 Å². The lowest BCUT2D eigenvalue weighted by Crippen LogP contribution is -2.45. The zero-order valence-corrected chi connectivity index (χ0v) is 12.0. The monoisotopic (exact) mass is 330 g/mol. The van der Waals surface area contributed by atoms with Gasteiger partial charge in [0.1, 0.15) is 0 Å². The summed E-state index contributed by atoms with van der Waals surface area (Å²) in [6.45, 7) is 6.08. The van der Waals surface area contributed by atoms with Gasteiger partial charge in [0.2, 0.25) is 0 Å². The van der Waals surface area contributed by atoms with Crippen LogP contribution in [0.4, 0.5) is 0 Å². The van der Waals surface area contributed by atoms with E-state index in [-0.39, 0.29) is 0 Å². The summed E-state index contributed by atoms with van der Waals surface area (Å²) in [5.74, 6) is 0. The lowest BCUT2D eigenvalue weighted by Gasteiger charge is -2.32. The van der Waals surface area contributed by atoms with Crippen LogP contribution in [-0.4, -0.2) is 49.6 Å². The van der Waals surface area contributed by atoms with Crippen LogP contribution in [0.15, 0.2) is 24.3 Å². The van der Waals surface area contributed by atoms with Gasteiger partial charge in [-0.25, -0.2) is 0 Å². The molecule has 1 aromatic carbocycles. The molecule has 16 heavy (non-hydrogen) atoms. The van der Waals surface area contributed by atoms with Gasteiger partial charge in [-0.15, -0.1) is 0 Å². The zero-order chi connectivity index (χ0) is 11.4. The van der Waals surface area contributed by atoms with Crippen LogP contribution in [0, 0.1) is 3.57 Å². The van der Waals surface area contributed by atoms with Crippen LogP contribution in [-0.2, 0) is 6.42 Å². The van der Waals surface area contributed by atoms with Crippen molar-refractivity contribution in [2.75, 3.05) is 39.8 Å². The molecule has 0 aliphatic carbocycles. The van der Waals surface area contributed by atoms with E-state index < -0.39 is 0 Å². The molecule has 1 aromatic rings. The second-order valence-corrected chi connectivity index (χ2v) is 5.77. The molecular weight excluding hydrogens is 311 g/mol. The molecule has 2 rings (SSSR count). The van der Waals surface area contributed by atoms with Crippen molar-refractivity contribution in [2.45, 2.75) is 6.42 Å². The third-order valence-electron chi connectivity index (χ3n) is 3.23. The number of benzene rings is 1. The maximum absolute atomic E-state index is 2.57. The van der Waals surface area contributed by atoms with E-state index in [2.05, 4.69) is 63.7 Å². The molecule has 0 amide bonds. The molecule has 0 bridgehead atoms. The SMILES string of the molecule is CN1CCN(CCc2ccc(I)cc2)CC1. The van der Waals surface area contributed by atoms with Gasteiger partial charge in [0.15, 0.2) is 0 Å². The molecule has 2 nitrogen and oxygen atoms in total.